The number of rotatable bonds is 2. The summed E-state index contributed by atoms with van der Waals surface area (Å²) in [5, 5.41) is 0. The fraction of sp³-hybridized carbons (Fsp3) is 1.00. The van der Waals surface area contributed by atoms with Gasteiger partial charge in [-0.1, -0.05) is 12.8 Å². The van der Waals surface area contributed by atoms with Gasteiger partial charge in [0, 0.05) is 25.7 Å². The summed E-state index contributed by atoms with van der Waals surface area (Å²) in [6.45, 7) is 5.56. The molecule has 1 aliphatic heterocycles. The van der Waals surface area contributed by atoms with Crippen molar-refractivity contribution in [2.45, 2.75) is 45.3 Å². The highest BCUT2D eigenvalue weighted by molar-refractivity contribution is 6.59. The van der Waals surface area contributed by atoms with Crippen molar-refractivity contribution in [2.75, 3.05) is 13.2 Å². The van der Waals surface area contributed by atoms with Gasteiger partial charge < -0.3 is 13.3 Å². The Hall–Kier alpha value is 0.0969. The zero-order chi connectivity index (χ0) is 10.0. The molecule has 3 unspecified atom stereocenters. The SMILES string of the molecule is CCO[Si]1(C)OCC2CCCCC2O1. The summed E-state index contributed by atoms with van der Waals surface area (Å²) in [6, 6.07) is 0. The van der Waals surface area contributed by atoms with Gasteiger partial charge in [0.15, 0.2) is 0 Å². The monoisotopic (exact) mass is 216 g/mol. The maximum Gasteiger partial charge on any atom is 0.497 e. The highest BCUT2D eigenvalue weighted by Gasteiger charge is 2.45. The van der Waals surface area contributed by atoms with E-state index in [9.17, 15) is 0 Å². The zero-order valence-electron chi connectivity index (χ0n) is 9.12. The molecule has 1 saturated heterocycles. The summed E-state index contributed by atoms with van der Waals surface area (Å²) in [5.41, 5.74) is 0. The molecule has 3 nitrogen and oxygen atoms in total. The first-order valence-corrected chi connectivity index (χ1v) is 7.92. The third-order valence-electron chi connectivity index (χ3n) is 3.17. The molecule has 0 radical (unpaired) electrons. The largest absolute Gasteiger partial charge is 0.497 e. The Bertz CT molecular complexity index is 200. The molecule has 2 rings (SSSR count). The maximum atomic E-state index is 6.01. The van der Waals surface area contributed by atoms with E-state index >= 15 is 0 Å². The van der Waals surface area contributed by atoms with Crippen LogP contribution in [0, 0.1) is 5.92 Å². The minimum absolute atomic E-state index is 0.417. The van der Waals surface area contributed by atoms with Gasteiger partial charge in [0.2, 0.25) is 0 Å². The van der Waals surface area contributed by atoms with Gasteiger partial charge in [0.25, 0.3) is 0 Å². The predicted molar refractivity (Wildman–Crippen MR) is 56.0 cm³/mol. The second-order valence-electron chi connectivity index (χ2n) is 4.31. The summed E-state index contributed by atoms with van der Waals surface area (Å²) in [4.78, 5) is 0. The van der Waals surface area contributed by atoms with Gasteiger partial charge in [0.1, 0.15) is 0 Å². The molecule has 0 bridgehead atoms. The van der Waals surface area contributed by atoms with Crippen LogP contribution in [0.1, 0.15) is 32.6 Å². The van der Waals surface area contributed by atoms with Crippen molar-refractivity contribution in [1.29, 1.82) is 0 Å². The Kier molecular flexibility index (Phi) is 3.26. The van der Waals surface area contributed by atoms with E-state index in [0.717, 1.165) is 6.61 Å². The quantitative estimate of drug-likeness (QED) is 0.662. The Morgan fingerprint density at radius 3 is 2.93 bits per heavy atom. The highest BCUT2D eigenvalue weighted by Crippen LogP contribution is 2.34. The van der Waals surface area contributed by atoms with Crippen molar-refractivity contribution in [3.8, 4) is 0 Å². The molecule has 14 heavy (non-hydrogen) atoms. The van der Waals surface area contributed by atoms with Crippen LogP contribution in [0.15, 0.2) is 0 Å². The van der Waals surface area contributed by atoms with Crippen LogP contribution in [0.2, 0.25) is 6.55 Å². The summed E-state index contributed by atoms with van der Waals surface area (Å²) < 4.78 is 17.4. The first-order chi connectivity index (χ1) is 6.73. The molecule has 1 heterocycles. The van der Waals surface area contributed by atoms with E-state index in [1.54, 1.807) is 0 Å². The van der Waals surface area contributed by atoms with Crippen LogP contribution in [0.4, 0.5) is 0 Å². The van der Waals surface area contributed by atoms with Gasteiger partial charge in [-0.15, -0.1) is 0 Å². The maximum absolute atomic E-state index is 6.01. The van der Waals surface area contributed by atoms with Gasteiger partial charge >= 0.3 is 8.80 Å². The lowest BCUT2D eigenvalue weighted by molar-refractivity contribution is -0.0663. The van der Waals surface area contributed by atoms with Crippen molar-refractivity contribution in [3.63, 3.8) is 0 Å². The second kappa shape index (κ2) is 4.31. The standard InChI is InChI=1S/C10H20O3Si/c1-3-11-14(2)12-8-9-6-4-5-7-10(9)13-14/h9-10H,3-8H2,1-2H3. The molecule has 1 saturated carbocycles. The molecule has 0 aromatic carbocycles. The van der Waals surface area contributed by atoms with Crippen LogP contribution in [0.25, 0.3) is 0 Å². The van der Waals surface area contributed by atoms with Crippen molar-refractivity contribution >= 4 is 8.80 Å². The van der Waals surface area contributed by atoms with E-state index in [-0.39, 0.29) is 0 Å². The van der Waals surface area contributed by atoms with Crippen LogP contribution in [-0.4, -0.2) is 28.1 Å². The van der Waals surface area contributed by atoms with E-state index in [1.165, 1.54) is 25.7 Å². The summed E-state index contributed by atoms with van der Waals surface area (Å²) in [5.74, 6) is 0.629. The molecule has 1 aliphatic carbocycles. The average Bonchev–Trinajstić information content (AvgIpc) is 2.17. The molecule has 82 valence electrons. The molecule has 0 aromatic heterocycles. The Labute approximate surface area is 87.1 Å². The first kappa shape index (κ1) is 10.6. The van der Waals surface area contributed by atoms with E-state index in [2.05, 4.69) is 0 Å². The lowest BCUT2D eigenvalue weighted by Crippen LogP contribution is -2.54. The smallest absolute Gasteiger partial charge is 0.374 e. The molecule has 0 aromatic rings. The molecule has 0 amide bonds. The third-order valence-corrected chi connectivity index (χ3v) is 5.41. The fourth-order valence-electron chi connectivity index (χ4n) is 2.42. The van der Waals surface area contributed by atoms with Gasteiger partial charge in [0.05, 0.1) is 6.10 Å². The molecule has 2 aliphatic rings. The van der Waals surface area contributed by atoms with Crippen LogP contribution in [-0.2, 0) is 13.3 Å². The number of hydrogen-bond donors (Lipinski definition) is 0. The molecule has 4 heteroatoms. The number of hydrogen-bond acceptors (Lipinski definition) is 3. The third kappa shape index (κ3) is 2.19. The average molecular weight is 216 g/mol. The molecular formula is C10H20O3Si. The molecule has 2 fully saturated rings. The normalized spacial score (nSPS) is 43.3. The molecule has 3 atom stereocenters. The van der Waals surface area contributed by atoms with Crippen molar-refractivity contribution in [1.82, 2.24) is 0 Å². The van der Waals surface area contributed by atoms with Crippen molar-refractivity contribution in [2.24, 2.45) is 5.92 Å². The minimum atomic E-state index is -2.24. The Morgan fingerprint density at radius 1 is 1.36 bits per heavy atom. The van der Waals surface area contributed by atoms with Crippen LogP contribution in [0.3, 0.4) is 0 Å². The summed E-state index contributed by atoms with van der Waals surface area (Å²) in [7, 11) is -2.24. The zero-order valence-corrected chi connectivity index (χ0v) is 10.1. The van der Waals surface area contributed by atoms with Gasteiger partial charge in [-0.3, -0.25) is 0 Å². The van der Waals surface area contributed by atoms with Crippen molar-refractivity contribution in [3.05, 3.63) is 0 Å². The van der Waals surface area contributed by atoms with Crippen molar-refractivity contribution < 1.29 is 13.3 Å². The van der Waals surface area contributed by atoms with Crippen LogP contribution in [0.5, 0.6) is 0 Å². The van der Waals surface area contributed by atoms with Gasteiger partial charge in [-0.2, -0.15) is 0 Å². The Balaban J connectivity index is 1.94. The fourth-order valence-corrected chi connectivity index (χ4v) is 4.55. The lowest BCUT2D eigenvalue weighted by Gasteiger charge is -2.42. The highest BCUT2D eigenvalue weighted by atomic mass is 28.4. The first-order valence-electron chi connectivity index (χ1n) is 5.69. The second-order valence-corrected chi connectivity index (χ2v) is 6.85. The summed E-state index contributed by atoms with van der Waals surface area (Å²) in [6.07, 6.45) is 5.52. The van der Waals surface area contributed by atoms with E-state index < -0.39 is 8.80 Å². The van der Waals surface area contributed by atoms with E-state index in [0.29, 0.717) is 18.6 Å². The topological polar surface area (TPSA) is 27.7 Å². The molecule has 0 N–H and O–H groups in total. The van der Waals surface area contributed by atoms with Gasteiger partial charge in [-0.05, 0) is 19.8 Å². The Morgan fingerprint density at radius 2 is 2.14 bits per heavy atom. The lowest BCUT2D eigenvalue weighted by atomic mass is 9.87. The predicted octanol–water partition coefficient (Wildman–Crippen LogP) is 2.20. The van der Waals surface area contributed by atoms with Crippen LogP contribution < -0.4 is 0 Å². The van der Waals surface area contributed by atoms with E-state index in [4.69, 9.17) is 13.3 Å². The van der Waals surface area contributed by atoms with Gasteiger partial charge in [-0.25, -0.2) is 0 Å². The van der Waals surface area contributed by atoms with E-state index in [1.807, 2.05) is 13.5 Å². The minimum Gasteiger partial charge on any atom is -0.374 e. The molecule has 0 spiro atoms. The van der Waals surface area contributed by atoms with Crippen LogP contribution >= 0.6 is 0 Å². The number of fused-ring (bicyclic) bond motifs is 1. The summed E-state index contributed by atoms with van der Waals surface area (Å²) >= 11 is 0. The molecular weight excluding hydrogens is 196 g/mol.